The average Bonchev–Trinajstić information content (AvgIpc) is 2.04. The molecule has 1 saturated heterocycles. The lowest BCUT2D eigenvalue weighted by atomic mass is 10.3. The van der Waals surface area contributed by atoms with E-state index in [4.69, 9.17) is 5.26 Å². The number of rotatable bonds is 2. The first-order valence-corrected chi connectivity index (χ1v) is 5.76. The van der Waals surface area contributed by atoms with Gasteiger partial charge in [-0.15, -0.1) is 0 Å². The van der Waals surface area contributed by atoms with Crippen LogP contribution in [0.4, 0.5) is 0 Å². The van der Waals surface area contributed by atoms with Crippen molar-refractivity contribution < 1.29 is 8.42 Å². The summed E-state index contributed by atoms with van der Waals surface area (Å²) in [6, 6.07) is 1.63. The maximum atomic E-state index is 11.5. The van der Waals surface area contributed by atoms with Gasteiger partial charge in [0.05, 0.1) is 6.07 Å². The molecule has 13 heavy (non-hydrogen) atoms. The molecule has 74 valence electrons. The third kappa shape index (κ3) is 2.40. The molecule has 0 aliphatic carbocycles. The van der Waals surface area contributed by atoms with Gasteiger partial charge < -0.3 is 5.32 Å². The standard InChI is InChI=1S/C7H13N3O2S/c1-7-6-9-3-4-10(7)13(11,12)5-2-8/h7,9H,3-6H2,1H3. The smallest absolute Gasteiger partial charge is 0.227 e. The van der Waals surface area contributed by atoms with Gasteiger partial charge >= 0.3 is 0 Å². The molecule has 1 atom stereocenters. The zero-order valence-corrected chi connectivity index (χ0v) is 8.34. The predicted octanol–water partition coefficient (Wildman–Crippen LogP) is -0.867. The lowest BCUT2D eigenvalue weighted by Gasteiger charge is -2.32. The molecule has 0 radical (unpaired) electrons. The van der Waals surface area contributed by atoms with E-state index < -0.39 is 15.8 Å². The number of sulfonamides is 1. The second-order valence-corrected chi connectivity index (χ2v) is 5.00. The molecule has 1 N–H and O–H groups in total. The average molecular weight is 203 g/mol. The Morgan fingerprint density at radius 2 is 2.38 bits per heavy atom. The molecule has 1 fully saturated rings. The topological polar surface area (TPSA) is 73.2 Å². The Bertz CT molecular complexity index is 306. The summed E-state index contributed by atoms with van der Waals surface area (Å²) < 4.78 is 24.3. The third-order valence-electron chi connectivity index (χ3n) is 2.04. The molecule has 0 saturated carbocycles. The van der Waals surface area contributed by atoms with E-state index in [-0.39, 0.29) is 6.04 Å². The summed E-state index contributed by atoms with van der Waals surface area (Å²) in [5, 5.41) is 11.4. The summed E-state index contributed by atoms with van der Waals surface area (Å²) in [6.45, 7) is 3.62. The SMILES string of the molecule is CC1CNCCN1S(=O)(=O)CC#N. The summed E-state index contributed by atoms with van der Waals surface area (Å²) in [7, 11) is -3.35. The Morgan fingerprint density at radius 3 is 2.92 bits per heavy atom. The van der Waals surface area contributed by atoms with Crippen LogP contribution in [0.3, 0.4) is 0 Å². The van der Waals surface area contributed by atoms with Crippen molar-refractivity contribution in [2.24, 2.45) is 0 Å². The summed E-state index contributed by atoms with van der Waals surface area (Å²) in [5.41, 5.74) is 0. The molecular weight excluding hydrogens is 190 g/mol. The molecule has 1 unspecified atom stereocenters. The van der Waals surface area contributed by atoms with Crippen LogP contribution in [0.1, 0.15) is 6.92 Å². The molecule has 0 aromatic carbocycles. The van der Waals surface area contributed by atoms with Gasteiger partial charge in [0.2, 0.25) is 10.0 Å². The Kier molecular flexibility index (Phi) is 3.25. The molecule has 0 bridgehead atoms. The van der Waals surface area contributed by atoms with Crippen LogP contribution in [-0.4, -0.2) is 44.2 Å². The minimum atomic E-state index is -3.35. The number of hydrogen-bond donors (Lipinski definition) is 1. The van der Waals surface area contributed by atoms with Gasteiger partial charge in [0, 0.05) is 25.7 Å². The van der Waals surface area contributed by atoms with E-state index in [0.29, 0.717) is 19.6 Å². The second-order valence-electron chi connectivity index (χ2n) is 3.08. The lowest BCUT2D eigenvalue weighted by molar-refractivity contribution is 0.285. The van der Waals surface area contributed by atoms with Crippen LogP contribution in [0.5, 0.6) is 0 Å². The highest BCUT2D eigenvalue weighted by Crippen LogP contribution is 2.09. The minimum absolute atomic E-state index is 0.0490. The van der Waals surface area contributed by atoms with Crippen LogP contribution in [0.2, 0.25) is 0 Å². The van der Waals surface area contributed by atoms with Crippen LogP contribution < -0.4 is 5.32 Å². The van der Waals surface area contributed by atoms with Crippen molar-refractivity contribution in [3.8, 4) is 6.07 Å². The number of piperazine rings is 1. The molecule has 0 aromatic heterocycles. The van der Waals surface area contributed by atoms with Crippen LogP contribution in [0, 0.1) is 11.3 Å². The Hall–Kier alpha value is -0.640. The van der Waals surface area contributed by atoms with Crippen LogP contribution in [0.25, 0.3) is 0 Å². The first-order chi connectivity index (χ1) is 6.08. The van der Waals surface area contributed by atoms with Gasteiger partial charge in [-0.05, 0) is 6.92 Å². The highest BCUT2D eigenvalue weighted by Gasteiger charge is 2.28. The van der Waals surface area contributed by atoms with Gasteiger partial charge in [-0.2, -0.15) is 9.57 Å². The van der Waals surface area contributed by atoms with Crippen molar-refractivity contribution >= 4 is 10.0 Å². The summed E-state index contributed by atoms with van der Waals surface area (Å²) >= 11 is 0. The first-order valence-electron chi connectivity index (χ1n) is 4.15. The van der Waals surface area contributed by atoms with Gasteiger partial charge in [0.25, 0.3) is 0 Å². The number of nitriles is 1. The molecule has 0 amide bonds. The summed E-state index contributed by atoms with van der Waals surface area (Å²) in [6.07, 6.45) is 0. The van der Waals surface area contributed by atoms with E-state index in [1.54, 1.807) is 6.07 Å². The second kappa shape index (κ2) is 4.05. The summed E-state index contributed by atoms with van der Waals surface area (Å²) in [5.74, 6) is -0.419. The van der Waals surface area contributed by atoms with E-state index in [9.17, 15) is 8.42 Å². The highest BCUT2D eigenvalue weighted by molar-refractivity contribution is 7.89. The largest absolute Gasteiger partial charge is 0.314 e. The molecule has 5 nitrogen and oxygen atoms in total. The molecule has 1 aliphatic rings. The minimum Gasteiger partial charge on any atom is -0.314 e. The zero-order chi connectivity index (χ0) is 9.90. The van der Waals surface area contributed by atoms with E-state index in [0.717, 1.165) is 0 Å². The van der Waals surface area contributed by atoms with E-state index >= 15 is 0 Å². The van der Waals surface area contributed by atoms with Crippen molar-refractivity contribution in [1.82, 2.24) is 9.62 Å². The quantitative estimate of drug-likeness (QED) is 0.633. The number of hydrogen-bond acceptors (Lipinski definition) is 4. The van der Waals surface area contributed by atoms with Gasteiger partial charge in [-0.1, -0.05) is 0 Å². The Morgan fingerprint density at radius 1 is 1.69 bits per heavy atom. The van der Waals surface area contributed by atoms with Gasteiger partial charge in [0.1, 0.15) is 0 Å². The fourth-order valence-corrected chi connectivity index (χ4v) is 2.72. The maximum Gasteiger partial charge on any atom is 0.227 e. The molecule has 6 heteroatoms. The van der Waals surface area contributed by atoms with Gasteiger partial charge in [0.15, 0.2) is 5.75 Å². The Balaban J connectivity index is 2.75. The molecule has 1 heterocycles. The van der Waals surface area contributed by atoms with Crippen molar-refractivity contribution in [1.29, 1.82) is 5.26 Å². The van der Waals surface area contributed by atoms with Crippen molar-refractivity contribution in [2.75, 3.05) is 25.4 Å². The highest BCUT2D eigenvalue weighted by atomic mass is 32.2. The van der Waals surface area contributed by atoms with Gasteiger partial charge in [-0.3, -0.25) is 0 Å². The molecule has 0 spiro atoms. The number of nitrogens with one attached hydrogen (secondary N) is 1. The van der Waals surface area contributed by atoms with Crippen LogP contribution >= 0.6 is 0 Å². The molecular formula is C7H13N3O2S. The molecule has 0 aromatic rings. The zero-order valence-electron chi connectivity index (χ0n) is 7.52. The van der Waals surface area contributed by atoms with E-state index in [1.165, 1.54) is 4.31 Å². The molecule has 1 rings (SSSR count). The van der Waals surface area contributed by atoms with E-state index in [2.05, 4.69) is 5.32 Å². The van der Waals surface area contributed by atoms with Crippen molar-refractivity contribution in [3.63, 3.8) is 0 Å². The van der Waals surface area contributed by atoms with Crippen molar-refractivity contribution in [3.05, 3.63) is 0 Å². The fourth-order valence-electron chi connectivity index (χ4n) is 1.40. The van der Waals surface area contributed by atoms with Crippen molar-refractivity contribution in [2.45, 2.75) is 13.0 Å². The fraction of sp³-hybridized carbons (Fsp3) is 0.857. The van der Waals surface area contributed by atoms with Crippen LogP contribution in [-0.2, 0) is 10.0 Å². The van der Waals surface area contributed by atoms with Crippen LogP contribution in [0.15, 0.2) is 0 Å². The van der Waals surface area contributed by atoms with E-state index in [1.807, 2.05) is 6.92 Å². The predicted molar refractivity (Wildman–Crippen MR) is 48.4 cm³/mol. The number of nitrogens with zero attached hydrogens (tertiary/aromatic N) is 2. The Labute approximate surface area is 78.4 Å². The third-order valence-corrected chi connectivity index (χ3v) is 3.80. The lowest BCUT2D eigenvalue weighted by Crippen LogP contribution is -2.52. The normalized spacial score (nSPS) is 25.4. The summed E-state index contributed by atoms with van der Waals surface area (Å²) in [4.78, 5) is 0. The monoisotopic (exact) mass is 203 g/mol. The molecule has 1 aliphatic heterocycles. The van der Waals surface area contributed by atoms with Gasteiger partial charge in [-0.25, -0.2) is 8.42 Å². The maximum absolute atomic E-state index is 11.5. The first kappa shape index (κ1) is 10.4.